The summed E-state index contributed by atoms with van der Waals surface area (Å²) in [6.07, 6.45) is 2.72. The molecule has 1 amide bonds. The molecule has 0 bridgehead atoms. The van der Waals surface area contributed by atoms with Gasteiger partial charge in [0.05, 0.1) is 36.8 Å². The molecule has 0 unspecified atom stereocenters. The molecule has 10 nitrogen and oxygen atoms in total. The van der Waals surface area contributed by atoms with Gasteiger partial charge in [0.15, 0.2) is 0 Å². The summed E-state index contributed by atoms with van der Waals surface area (Å²) in [5.41, 5.74) is 3.34. The molecule has 5 rings (SSSR count). The second-order valence-electron chi connectivity index (χ2n) is 11.3. The van der Waals surface area contributed by atoms with Crippen molar-refractivity contribution < 1.29 is 18.7 Å². The Labute approximate surface area is 237 Å². The number of nitrogens with zero attached hydrogens (tertiary/aromatic N) is 6. The number of pyridine rings is 1. The summed E-state index contributed by atoms with van der Waals surface area (Å²) in [4.78, 5) is 36.1. The van der Waals surface area contributed by atoms with Crippen molar-refractivity contribution in [3.05, 3.63) is 70.7 Å². The Morgan fingerprint density at radius 3 is 2.54 bits per heavy atom. The number of hydrogen-bond acceptors (Lipinski definition) is 7. The molecular formula is C30H33FN6O4. The highest BCUT2D eigenvalue weighted by molar-refractivity contribution is 5.81. The van der Waals surface area contributed by atoms with E-state index >= 15 is 0 Å². The van der Waals surface area contributed by atoms with Crippen LogP contribution < -0.4 is 10.3 Å². The van der Waals surface area contributed by atoms with Crippen molar-refractivity contribution in [3.8, 4) is 39.7 Å². The minimum atomic E-state index is -0.600. The van der Waals surface area contributed by atoms with Gasteiger partial charge in [-0.2, -0.15) is 5.10 Å². The van der Waals surface area contributed by atoms with E-state index in [2.05, 4.69) is 0 Å². The van der Waals surface area contributed by atoms with Crippen LogP contribution in [0.4, 0.5) is 9.18 Å². The highest BCUT2D eigenvalue weighted by atomic mass is 19.1. The first-order valence-corrected chi connectivity index (χ1v) is 13.4. The first-order valence-electron chi connectivity index (χ1n) is 13.4. The van der Waals surface area contributed by atoms with Gasteiger partial charge in [-0.05, 0) is 58.9 Å². The topological polar surface area (TPSA) is 104 Å². The van der Waals surface area contributed by atoms with Crippen LogP contribution in [0, 0.1) is 5.82 Å². The number of hydrogen-bond donors (Lipinski definition) is 0. The van der Waals surface area contributed by atoms with Gasteiger partial charge in [-0.15, -0.1) is 0 Å². The number of carbonyl (C=O) groups excluding carboxylic acids is 1. The molecule has 41 heavy (non-hydrogen) atoms. The molecular weight excluding hydrogens is 527 g/mol. The Kier molecular flexibility index (Phi) is 7.37. The van der Waals surface area contributed by atoms with Crippen LogP contribution in [-0.2, 0) is 24.9 Å². The lowest BCUT2D eigenvalue weighted by molar-refractivity contribution is 0.0194. The maximum Gasteiger partial charge on any atom is 0.410 e. The average Bonchev–Trinajstić information content (AvgIpc) is 3.32. The van der Waals surface area contributed by atoms with Crippen molar-refractivity contribution in [3.63, 3.8) is 0 Å². The predicted molar refractivity (Wildman–Crippen MR) is 152 cm³/mol. The van der Waals surface area contributed by atoms with Gasteiger partial charge in [-0.25, -0.2) is 14.2 Å². The minimum Gasteiger partial charge on any atom is -0.490 e. The maximum atomic E-state index is 14.3. The molecule has 214 valence electrons. The molecule has 4 aromatic rings. The van der Waals surface area contributed by atoms with Gasteiger partial charge in [0.2, 0.25) is 5.56 Å². The SMILES string of the molecule is CC(C)Oc1cc(F)ccc1-c1ncc(-c2ccc(=O)n(C)c2)nc1-c1cc2n(n1)CCN(C(=O)OC(C)(C)C)C2. The Balaban J connectivity index is 1.61. The van der Waals surface area contributed by atoms with Crippen molar-refractivity contribution in [2.75, 3.05) is 6.54 Å². The fourth-order valence-corrected chi connectivity index (χ4v) is 4.56. The summed E-state index contributed by atoms with van der Waals surface area (Å²) in [6.45, 7) is 10.5. The van der Waals surface area contributed by atoms with Crippen molar-refractivity contribution >= 4 is 6.09 Å². The third-order valence-electron chi connectivity index (χ3n) is 6.41. The molecule has 1 aromatic carbocycles. The number of fused-ring (bicyclic) bond motifs is 1. The maximum absolute atomic E-state index is 14.3. The molecule has 0 saturated carbocycles. The standard InChI is InChI=1S/C30H33FN6O4/c1-18(2)40-25-13-20(31)8-9-22(25)27-28(33-24(15-32-27)19-7-10-26(38)35(6)16-19)23-14-21-17-36(11-12-37(21)34-23)29(39)41-30(3,4)5/h7-10,13-16,18H,11-12,17H2,1-6H3. The second kappa shape index (κ2) is 10.8. The van der Waals surface area contributed by atoms with E-state index in [9.17, 15) is 14.0 Å². The Morgan fingerprint density at radius 2 is 1.83 bits per heavy atom. The van der Waals surface area contributed by atoms with Crippen LogP contribution >= 0.6 is 0 Å². The summed E-state index contributed by atoms with van der Waals surface area (Å²) in [5, 5.41) is 4.82. The molecule has 1 aliphatic rings. The van der Waals surface area contributed by atoms with Gasteiger partial charge in [0.25, 0.3) is 0 Å². The van der Waals surface area contributed by atoms with Crippen LogP contribution in [-0.4, -0.2) is 53.6 Å². The van der Waals surface area contributed by atoms with Crippen LogP contribution in [0.1, 0.15) is 40.3 Å². The third-order valence-corrected chi connectivity index (χ3v) is 6.41. The molecule has 0 saturated heterocycles. The number of rotatable bonds is 5. The average molecular weight is 561 g/mol. The lowest BCUT2D eigenvalue weighted by Crippen LogP contribution is -2.41. The lowest BCUT2D eigenvalue weighted by atomic mass is 10.0. The first-order chi connectivity index (χ1) is 19.4. The van der Waals surface area contributed by atoms with E-state index in [1.54, 1.807) is 36.5 Å². The number of halogens is 1. The van der Waals surface area contributed by atoms with Gasteiger partial charge in [0, 0.05) is 43.0 Å². The summed E-state index contributed by atoms with van der Waals surface area (Å²) < 4.78 is 29.1. The smallest absolute Gasteiger partial charge is 0.410 e. The number of benzene rings is 1. The minimum absolute atomic E-state index is 0.142. The van der Waals surface area contributed by atoms with E-state index < -0.39 is 11.4 Å². The molecule has 0 aliphatic carbocycles. The zero-order valence-corrected chi connectivity index (χ0v) is 24.0. The second-order valence-corrected chi connectivity index (χ2v) is 11.3. The van der Waals surface area contributed by atoms with Gasteiger partial charge < -0.3 is 18.9 Å². The van der Waals surface area contributed by atoms with Crippen molar-refractivity contribution in [2.45, 2.75) is 59.4 Å². The number of aromatic nitrogens is 5. The molecule has 0 fully saturated rings. The Bertz CT molecular complexity index is 1670. The van der Waals surface area contributed by atoms with E-state index in [-0.39, 0.29) is 17.8 Å². The van der Waals surface area contributed by atoms with Crippen molar-refractivity contribution in [1.29, 1.82) is 0 Å². The van der Waals surface area contributed by atoms with Crippen molar-refractivity contribution in [2.24, 2.45) is 7.05 Å². The molecule has 0 N–H and O–H groups in total. The highest BCUT2D eigenvalue weighted by Crippen LogP contribution is 2.37. The zero-order chi connectivity index (χ0) is 29.5. The quantitative estimate of drug-likeness (QED) is 0.336. The molecule has 0 atom stereocenters. The Hall–Kier alpha value is -4.54. The van der Waals surface area contributed by atoms with E-state index in [0.717, 1.165) is 5.69 Å². The van der Waals surface area contributed by atoms with Gasteiger partial charge >= 0.3 is 6.09 Å². The number of amides is 1. The summed E-state index contributed by atoms with van der Waals surface area (Å²) in [6, 6.07) is 9.34. The molecule has 0 radical (unpaired) electrons. The zero-order valence-electron chi connectivity index (χ0n) is 24.0. The van der Waals surface area contributed by atoms with Gasteiger partial charge in [0.1, 0.15) is 34.2 Å². The lowest BCUT2D eigenvalue weighted by Gasteiger charge is -2.30. The van der Waals surface area contributed by atoms with E-state index in [1.807, 2.05) is 45.4 Å². The fourth-order valence-electron chi connectivity index (χ4n) is 4.56. The summed E-state index contributed by atoms with van der Waals surface area (Å²) in [7, 11) is 1.67. The first kappa shape index (κ1) is 28.0. The number of ether oxygens (including phenoxy) is 2. The van der Waals surface area contributed by atoms with E-state index in [1.165, 1.54) is 22.8 Å². The van der Waals surface area contributed by atoms with Crippen LogP contribution in [0.3, 0.4) is 0 Å². The molecule has 3 aromatic heterocycles. The Morgan fingerprint density at radius 1 is 1.05 bits per heavy atom. The normalized spacial score (nSPS) is 13.3. The van der Waals surface area contributed by atoms with Gasteiger partial charge in [-0.1, -0.05) is 0 Å². The predicted octanol–water partition coefficient (Wildman–Crippen LogP) is 5.05. The number of aryl methyl sites for hydroxylation is 1. The van der Waals surface area contributed by atoms with E-state index in [0.29, 0.717) is 59.3 Å². The monoisotopic (exact) mass is 560 g/mol. The summed E-state index contributed by atoms with van der Waals surface area (Å²) in [5.74, 6) is -0.0918. The van der Waals surface area contributed by atoms with E-state index in [4.69, 9.17) is 24.5 Å². The van der Waals surface area contributed by atoms with Crippen LogP contribution in [0.25, 0.3) is 33.9 Å². The molecule has 4 heterocycles. The third kappa shape index (κ3) is 6.13. The van der Waals surface area contributed by atoms with Crippen molar-refractivity contribution in [1.82, 2.24) is 29.2 Å². The number of carbonyl (C=O) groups is 1. The fraction of sp³-hybridized carbons (Fsp3) is 0.367. The highest BCUT2D eigenvalue weighted by Gasteiger charge is 2.28. The molecule has 11 heteroatoms. The summed E-state index contributed by atoms with van der Waals surface area (Å²) >= 11 is 0. The van der Waals surface area contributed by atoms with Crippen LogP contribution in [0.15, 0.2) is 53.6 Å². The molecule has 0 spiro atoms. The van der Waals surface area contributed by atoms with Crippen LogP contribution in [0.5, 0.6) is 5.75 Å². The molecule has 1 aliphatic heterocycles. The van der Waals surface area contributed by atoms with Gasteiger partial charge in [-0.3, -0.25) is 14.5 Å². The largest absolute Gasteiger partial charge is 0.490 e. The van der Waals surface area contributed by atoms with Crippen LogP contribution in [0.2, 0.25) is 0 Å².